The molecule has 5 aliphatic carbocycles. The first-order valence-electron chi connectivity index (χ1n) is 27.7. The molecule has 21 nitrogen and oxygen atoms in total. The summed E-state index contributed by atoms with van der Waals surface area (Å²) >= 11 is 0. The predicted molar refractivity (Wildman–Crippen MR) is 259 cm³/mol. The smallest absolute Gasteiger partial charge is 0.187 e. The van der Waals surface area contributed by atoms with Gasteiger partial charge in [0.15, 0.2) is 25.2 Å². The van der Waals surface area contributed by atoms with Gasteiger partial charge < -0.3 is 104 Å². The minimum atomic E-state index is -1.99. The largest absolute Gasteiger partial charge is 0.396 e. The summed E-state index contributed by atoms with van der Waals surface area (Å²) in [5.74, 6) is 0.524. The number of hydrogen-bond donors (Lipinski definition) is 12. The van der Waals surface area contributed by atoms with Gasteiger partial charge in [-0.15, -0.1) is 0 Å². The zero-order valence-corrected chi connectivity index (χ0v) is 44.7. The van der Waals surface area contributed by atoms with Crippen LogP contribution in [0.5, 0.6) is 0 Å². The van der Waals surface area contributed by atoms with E-state index >= 15 is 0 Å². The van der Waals surface area contributed by atoms with Crippen LogP contribution in [-0.4, -0.2) is 222 Å². The fourth-order valence-electron chi connectivity index (χ4n) is 17.1. The SMILES string of the molecule is C[C@@H]1O[C@H](O[C@@H]2[C@@H](O)[C@H](O)[C@@H](O[C@@H]3[C@@H](O)[C@H](C)O[C@H](O[C@H]4CC[C@]5(C)[C@@H](CC[C@@]6(C)[C@@H]5C=C[C@@]57OC[C@]8(CCC(C)(C)C[C@H]85)CC[C@]67C)[C@]4(C)CO)[C@H]3O[C@H]3O[C@@H](CO)[C@H](O)[C@@H](O)[C@@H]3O)O[C@H]2CO)[C@@H](O)[C@H](O)[C@H]1O. The third-order valence-electron chi connectivity index (χ3n) is 22.1. The Kier molecular flexibility index (Phi) is 15.3. The topological polar surface area (TPSA) is 326 Å². The molecule has 5 heterocycles. The summed E-state index contributed by atoms with van der Waals surface area (Å²) < 4.78 is 56.6. The third-order valence-corrected chi connectivity index (χ3v) is 22.1. The maximum absolute atomic E-state index is 12.0. The highest BCUT2D eigenvalue weighted by atomic mass is 16.8. The molecule has 430 valence electrons. The Labute approximate surface area is 439 Å². The molecule has 4 saturated carbocycles. The van der Waals surface area contributed by atoms with Gasteiger partial charge in [0.25, 0.3) is 0 Å². The zero-order valence-electron chi connectivity index (χ0n) is 44.7. The van der Waals surface area contributed by atoms with Gasteiger partial charge in [-0.3, -0.25) is 0 Å². The second-order valence-corrected chi connectivity index (χ2v) is 26.5. The minimum absolute atomic E-state index is 0.0621. The van der Waals surface area contributed by atoms with Crippen molar-refractivity contribution in [3.8, 4) is 0 Å². The van der Waals surface area contributed by atoms with Crippen molar-refractivity contribution in [2.75, 3.05) is 26.4 Å². The number of aliphatic hydroxyl groups is 12. The molecule has 2 bridgehead atoms. The molecular formula is C54H88O21. The molecule has 0 aromatic carbocycles. The first kappa shape index (κ1) is 57.1. The van der Waals surface area contributed by atoms with Gasteiger partial charge in [-0.25, -0.2) is 0 Å². The summed E-state index contributed by atoms with van der Waals surface area (Å²) in [6.07, 6.45) is -19.8. The van der Waals surface area contributed by atoms with Crippen molar-refractivity contribution in [3.63, 3.8) is 0 Å². The molecule has 10 aliphatic rings. The summed E-state index contributed by atoms with van der Waals surface area (Å²) in [6.45, 7) is 16.1. The number of hydrogen-bond acceptors (Lipinski definition) is 21. The van der Waals surface area contributed by atoms with Crippen LogP contribution in [-0.2, 0) is 42.6 Å². The summed E-state index contributed by atoms with van der Waals surface area (Å²) in [6, 6.07) is 0. The van der Waals surface area contributed by atoms with Crippen LogP contribution in [0, 0.1) is 50.2 Å². The molecule has 0 aromatic heterocycles. The van der Waals surface area contributed by atoms with Crippen LogP contribution in [0.4, 0.5) is 0 Å². The minimum Gasteiger partial charge on any atom is -0.396 e. The number of ether oxygens (including phenoxy) is 9. The molecule has 9 fully saturated rings. The van der Waals surface area contributed by atoms with E-state index in [1.807, 2.05) is 6.92 Å². The van der Waals surface area contributed by atoms with Gasteiger partial charge in [-0.2, -0.15) is 0 Å². The van der Waals surface area contributed by atoms with Crippen LogP contribution >= 0.6 is 0 Å². The lowest BCUT2D eigenvalue weighted by molar-refractivity contribution is -0.403. The van der Waals surface area contributed by atoms with E-state index in [-0.39, 0.29) is 51.1 Å². The molecule has 0 amide bonds. The normalized spacial score (nSPS) is 58.3. The van der Waals surface area contributed by atoms with Gasteiger partial charge >= 0.3 is 0 Å². The molecule has 10 rings (SSSR count). The molecule has 21 heteroatoms. The zero-order chi connectivity index (χ0) is 54.3. The van der Waals surface area contributed by atoms with E-state index in [1.165, 1.54) is 19.8 Å². The van der Waals surface area contributed by atoms with Gasteiger partial charge in [0, 0.05) is 16.7 Å². The van der Waals surface area contributed by atoms with Crippen molar-refractivity contribution < 1.29 is 104 Å². The average Bonchev–Trinajstić information content (AvgIpc) is 3.63. The Morgan fingerprint density at radius 2 is 1.09 bits per heavy atom. The molecule has 1 spiro atoms. The Morgan fingerprint density at radius 1 is 0.520 bits per heavy atom. The standard InChI is InChI=1S/C54H88O21/c1-24-32(58)35(61)38(64)44(68-24)73-41-27(21-56)71-46(40(66)37(41)63)74-42-33(59)25(2)69-47(43(42)75-45-39(65)36(62)34(60)26(20-55)70-45)72-31-11-12-49(5)28(50(31,6)22-57)9-13-51(7)29(49)10-14-54-30-19-48(3,4)15-17-53(30,23-67-54)18-16-52(51,54)8/h10,14,24-47,55-66H,9,11-13,15-23H2,1-8H3/t24-,25-,26-,27-,28+,29+,30+,31-,32-,33-,34-,35+,36+,37-,38-,39-,40-,41-,42+,43-,44+,45+,46+,47+,49+,50-,51-,52+,53-,54+/m0/s1. The molecule has 0 unspecified atom stereocenters. The van der Waals surface area contributed by atoms with Gasteiger partial charge in [0.1, 0.15) is 85.5 Å². The highest BCUT2D eigenvalue weighted by Gasteiger charge is 2.77. The van der Waals surface area contributed by atoms with E-state index in [0.29, 0.717) is 18.8 Å². The molecule has 5 saturated heterocycles. The summed E-state index contributed by atoms with van der Waals surface area (Å²) in [5.41, 5.74) is -1.37. The first-order chi connectivity index (χ1) is 35.2. The summed E-state index contributed by atoms with van der Waals surface area (Å²) in [4.78, 5) is 0. The Hall–Kier alpha value is -1.10. The van der Waals surface area contributed by atoms with Crippen LogP contribution in [0.15, 0.2) is 12.2 Å². The lowest BCUT2D eigenvalue weighted by Crippen LogP contribution is -2.71. The number of allylic oxidation sites excluding steroid dienone is 1. The van der Waals surface area contributed by atoms with Gasteiger partial charge in [-0.1, -0.05) is 53.7 Å². The number of aliphatic hydroxyl groups excluding tert-OH is 12. The van der Waals surface area contributed by atoms with E-state index < -0.39 is 148 Å². The highest BCUT2D eigenvalue weighted by molar-refractivity contribution is 5.35. The quantitative estimate of drug-likeness (QED) is 0.0915. The molecule has 12 N–H and O–H groups in total. The molecule has 75 heavy (non-hydrogen) atoms. The highest BCUT2D eigenvalue weighted by Crippen LogP contribution is 2.79. The Balaban J connectivity index is 0.932. The lowest BCUT2D eigenvalue weighted by atomic mass is 9.32. The van der Waals surface area contributed by atoms with Crippen LogP contribution in [0.25, 0.3) is 0 Å². The van der Waals surface area contributed by atoms with Gasteiger partial charge in [-0.05, 0) is 105 Å². The van der Waals surface area contributed by atoms with E-state index in [9.17, 15) is 61.3 Å². The van der Waals surface area contributed by atoms with Crippen molar-refractivity contribution in [2.45, 2.75) is 248 Å². The molecule has 0 radical (unpaired) electrons. The fraction of sp³-hybridized carbons (Fsp3) is 0.963. The van der Waals surface area contributed by atoms with Crippen molar-refractivity contribution in [1.29, 1.82) is 0 Å². The van der Waals surface area contributed by atoms with Crippen molar-refractivity contribution >= 4 is 0 Å². The van der Waals surface area contributed by atoms with E-state index in [4.69, 9.17) is 42.6 Å². The van der Waals surface area contributed by atoms with Crippen LogP contribution in [0.3, 0.4) is 0 Å². The van der Waals surface area contributed by atoms with Crippen molar-refractivity contribution in [3.05, 3.63) is 12.2 Å². The van der Waals surface area contributed by atoms with Crippen molar-refractivity contribution in [1.82, 2.24) is 0 Å². The van der Waals surface area contributed by atoms with Crippen molar-refractivity contribution in [2.24, 2.45) is 50.2 Å². The summed E-state index contributed by atoms with van der Waals surface area (Å²) in [7, 11) is 0. The second-order valence-electron chi connectivity index (χ2n) is 26.5. The van der Waals surface area contributed by atoms with Crippen LogP contribution in [0.1, 0.15) is 113 Å². The number of rotatable bonds is 11. The maximum atomic E-state index is 12.0. The molecule has 5 aliphatic heterocycles. The molecule has 0 aromatic rings. The van der Waals surface area contributed by atoms with E-state index in [2.05, 4.69) is 46.8 Å². The van der Waals surface area contributed by atoms with Gasteiger partial charge in [0.05, 0.1) is 50.3 Å². The van der Waals surface area contributed by atoms with Gasteiger partial charge in [0.2, 0.25) is 0 Å². The van der Waals surface area contributed by atoms with E-state index in [1.54, 1.807) is 6.92 Å². The first-order valence-corrected chi connectivity index (χ1v) is 27.7. The average molecular weight is 1070 g/mol. The lowest BCUT2D eigenvalue weighted by Gasteiger charge is -2.73. The second kappa shape index (κ2) is 20.1. The summed E-state index contributed by atoms with van der Waals surface area (Å²) in [5, 5.41) is 132. The van der Waals surface area contributed by atoms with Crippen LogP contribution in [0.2, 0.25) is 0 Å². The predicted octanol–water partition coefficient (Wildman–Crippen LogP) is -0.518. The van der Waals surface area contributed by atoms with E-state index in [0.717, 1.165) is 38.7 Å². The third kappa shape index (κ3) is 8.64. The molecular weight excluding hydrogens is 985 g/mol. The van der Waals surface area contributed by atoms with Crippen LogP contribution < -0.4 is 0 Å². The molecule has 30 atom stereocenters. The number of fused-ring (bicyclic) bond motifs is 4. The Morgan fingerprint density at radius 3 is 1.76 bits per heavy atom. The maximum Gasteiger partial charge on any atom is 0.187 e. The Bertz CT molecular complexity index is 2070. The fourth-order valence-corrected chi connectivity index (χ4v) is 17.1. The monoisotopic (exact) mass is 1070 g/mol.